The van der Waals surface area contributed by atoms with E-state index in [1.807, 2.05) is 0 Å². The van der Waals surface area contributed by atoms with Crippen LogP contribution in [0.4, 0.5) is 13.2 Å². The molecule has 2 aliphatic carbocycles. The summed E-state index contributed by atoms with van der Waals surface area (Å²) in [6.07, 6.45) is 0.108. The molecule has 1 aromatic heterocycles. The van der Waals surface area contributed by atoms with Crippen molar-refractivity contribution < 1.29 is 18.0 Å². The Labute approximate surface area is 114 Å². The standard InChI is InChI=1S/C13H16F3N3O/c14-13(15,16)11(7-5-6-7)17-12(20)10-8-3-1-2-4-9(8)18-19-10/h7,11H,1-6H2,(H,17,20)(H,18,19)/t11-/m0/s1. The van der Waals surface area contributed by atoms with Crippen LogP contribution in [0.1, 0.15) is 47.4 Å². The highest BCUT2D eigenvalue weighted by atomic mass is 19.4. The number of aromatic amines is 1. The zero-order valence-corrected chi connectivity index (χ0v) is 10.9. The molecule has 1 aromatic rings. The van der Waals surface area contributed by atoms with Crippen LogP contribution >= 0.6 is 0 Å². The fraction of sp³-hybridized carbons (Fsp3) is 0.692. The molecule has 1 heterocycles. The van der Waals surface area contributed by atoms with Gasteiger partial charge < -0.3 is 5.32 Å². The highest BCUT2D eigenvalue weighted by Crippen LogP contribution is 2.40. The third-order valence-corrected chi connectivity index (χ3v) is 4.00. The Bertz CT molecular complexity index is 519. The van der Waals surface area contributed by atoms with E-state index in [9.17, 15) is 18.0 Å². The molecule has 2 aliphatic rings. The number of halogens is 3. The number of rotatable bonds is 3. The van der Waals surface area contributed by atoms with Gasteiger partial charge in [0.1, 0.15) is 6.04 Å². The Morgan fingerprint density at radius 1 is 1.30 bits per heavy atom. The summed E-state index contributed by atoms with van der Waals surface area (Å²) in [6, 6.07) is -1.74. The normalized spacial score (nSPS) is 20.4. The summed E-state index contributed by atoms with van der Waals surface area (Å²) >= 11 is 0. The first-order valence-corrected chi connectivity index (χ1v) is 6.90. The average Bonchev–Trinajstić information content (AvgIpc) is 3.12. The molecule has 0 unspecified atom stereocenters. The van der Waals surface area contributed by atoms with E-state index >= 15 is 0 Å². The molecule has 0 aromatic carbocycles. The van der Waals surface area contributed by atoms with Crippen LogP contribution < -0.4 is 5.32 Å². The maximum atomic E-state index is 12.9. The van der Waals surface area contributed by atoms with Gasteiger partial charge in [-0.3, -0.25) is 9.89 Å². The average molecular weight is 287 g/mol. The first-order chi connectivity index (χ1) is 9.47. The lowest BCUT2D eigenvalue weighted by Crippen LogP contribution is -2.47. The number of alkyl halides is 3. The van der Waals surface area contributed by atoms with Gasteiger partial charge in [-0.1, -0.05) is 0 Å². The van der Waals surface area contributed by atoms with E-state index in [4.69, 9.17) is 0 Å². The van der Waals surface area contributed by atoms with Crippen molar-refractivity contribution in [1.82, 2.24) is 15.5 Å². The molecule has 20 heavy (non-hydrogen) atoms. The number of hydrogen-bond donors (Lipinski definition) is 2. The highest BCUT2D eigenvalue weighted by molar-refractivity contribution is 5.94. The number of aromatic nitrogens is 2. The van der Waals surface area contributed by atoms with Crippen LogP contribution in [0.3, 0.4) is 0 Å². The van der Waals surface area contributed by atoms with E-state index < -0.39 is 24.0 Å². The van der Waals surface area contributed by atoms with Crippen molar-refractivity contribution >= 4 is 5.91 Å². The molecule has 0 saturated heterocycles. The monoisotopic (exact) mass is 287 g/mol. The van der Waals surface area contributed by atoms with Gasteiger partial charge >= 0.3 is 6.18 Å². The van der Waals surface area contributed by atoms with E-state index in [0.29, 0.717) is 19.3 Å². The molecule has 4 nitrogen and oxygen atoms in total. The SMILES string of the molecule is O=C(N[C@@H](C1CC1)C(F)(F)F)c1n[nH]c2c1CCCC2. The molecule has 1 saturated carbocycles. The molecule has 1 atom stereocenters. The zero-order chi connectivity index (χ0) is 14.3. The molecule has 0 radical (unpaired) electrons. The zero-order valence-electron chi connectivity index (χ0n) is 10.9. The van der Waals surface area contributed by atoms with Crippen LogP contribution in [0.2, 0.25) is 0 Å². The third kappa shape index (κ3) is 2.53. The fourth-order valence-corrected chi connectivity index (χ4v) is 2.77. The summed E-state index contributed by atoms with van der Waals surface area (Å²) in [6.45, 7) is 0. The summed E-state index contributed by atoms with van der Waals surface area (Å²) < 4.78 is 38.7. The molecule has 0 bridgehead atoms. The van der Waals surface area contributed by atoms with Gasteiger partial charge in [0, 0.05) is 11.3 Å². The minimum Gasteiger partial charge on any atom is -0.339 e. The number of nitrogens with one attached hydrogen (secondary N) is 2. The number of hydrogen-bond acceptors (Lipinski definition) is 2. The quantitative estimate of drug-likeness (QED) is 0.896. The molecular formula is C13H16F3N3O. The number of carbonyl (C=O) groups is 1. The van der Waals surface area contributed by atoms with Crippen molar-refractivity contribution in [3.05, 3.63) is 17.0 Å². The predicted octanol–water partition coefficient (Wildman–Crippen LogP) is 2.36. The number of aryl methyl sites for hydroxylation is 1. The van der Waals surface area contributed by atoms with Gasteiger partial charge in [-0.15, -0.1) is 0 Å². The second-order valence-electron chi connectivity index (χ2n) is 5.57. The Balaban J connectivity index is 1.77. The molecule has 0 aliphatic heterocycles. The molecule has 0 spiro atoms. The van der Waals surface area contributed by atoms with E-state index in [2.05, 4.69) is 15.5 Å². The van der Waals surface area contributed by atoms with Crippen molar-refractivity contribution in [1.29, 1.82) is 0 Å². The minimum atomic E-state index is -4.40. The van der Waals surface area contributed by atoms with Crippen LogP contribution in [-0.2, 0) is 12.8 Å². The fourth-order valence-electron chi connectivity index (χ4n) is 2.77. The van der Waals surface area contributed by atoms with E-state index in [1.165, 1.54) is 0 Å². The van der Waals surface area contributed by atoms with Gasteiger partial charge in [0.25, 0.3) is 5.91 Å². The maximum absolute atomic E-state index is 12.9. The molecule has 1 fully saturated rings. The number of amides is 1. The molecule has 110 valence electrons. The molecular weight excluding hydrogens is 271 g/mol. The molecule has 2 N–H and O–H groups in total. The van der Waals surface area contributed by atoms with Crippen molar-refractivity contribution in [3.63, 3.8) is 0 Å². The lowest BCUT2D eigenvalue weighted by atomic mass is 9.95. The topological polar surface area (TPSA) is 57.8 Å². The third-order valence-electron chi connectivity index (χ3n) is 4.00. The second kappa shape index (κ2) is 4.79. The van der Waals surface area contributed by atoms with Crippen LogP contribution in [0.5, 0.6) is 0 Å². The van der Waals surface area contributed by atoms with Crippen molar-refractivity contribution in [3.8, 4) is 0 Å². The Morgan fingerprint density at radius 2 is 2.00 bits per heavy atom. The van der Waals surface area contributed by atoms with E-state index in [0.717, 1.165) is 30.5 Å². The summed E-state index contributed by atoms with van der Waals surface area (Å²) in [4.78, 5) is 12.1. The van der Waals surface area contributed by atoms with Gasteiger partial charge in [0.05, 0.1) is 0 Å². The number of nitrogens with zero attached hydrogens (tertiary/aromatic N) is 1. The lowest BCUT2D eigenvalue weighted by molar-refractivity contribution is -0.158. The van der Waals surface area contributed by atoms with Gasteiger partial charge in [-0.2, -0.15) is 18.3 Å². The van der Waals surface area contributed by atoms with Crippen molar-refractivity contribution in [2.24, 2.45) is 5.92 Å². The summed E-state index contributed by atoms with van der Waals surface area (Å²) in [7, 11) is 0. The molecule has 3 rings (SSSR count). The number of fused-ring (bicyclic) bond motifs is 1. The van der Waals surface area contributed by atoms with Crippen LogP contribution in [0, 0.1) is 5.92 Å². The van der Waals surface area contributed by atoms with Crippen LogP contribution in [0.25, 0.3) is 0 Å². The molecule has 1 amide bonds. The predicted molar refractivity (Wildman–Crippen MR) is 65.3 cm³/mol. The second-order valence-corrected chi connectivity index (χ2v) is 5.57. The van der Waals surface area contributed by atoms with Crippen molar-refractivity contribution in [2.75, 3.05) is 0 Å². The van der Waals surface area contributed by atoms with E-state index in [-0.39, 0.29) is 5.69 Å². The smallest absolute Gasteiger partial charge is 0.339 e. The maximum Gasteiger partial charge on any atom is 0.408 e. The van der Waals surface area contributed by atoms with Crippen LogP contribution in [0.15, 0.2) is 0 Å². The molecule has 7 heteroatoms. The first kappa shape index (κ1) is 13.5. The Kier molecular flexibility index (Phi) is 3.22. The summed E-state index contributed by atoms with van der Waals surface area (Å²) in [5.41, 5.74) is 1.80. The Hall–Kier alpha value is -1.53. The van der Waals surface area contributed by atoms with E-state index in [1.54, 1.807) is 0 Å². The minimum absolute atomic E-state index is 0.134. The van der Waals surface area contributed by atoms with Gasteiger partial charge in [-0.05, 0) is 44.4 Å². The Morgan fingerprint density at radius 3 is 2.65 bits per heavy atom. The first-order valence-electron chi connectivity index (χ1n) is 6.90. The van der Waals surface area contributed by atoms with Gasteiger partial charge in [0.15, 0.2) is 5.69 Å². The van der Waals surface area contributed by atoms with Crippen LogP contribution in [-0.4, -0.2) is 28.3 Å². The van der Waals surface area contributed by atoms with Gasteiger partial charge in [-0.25, -0.2) is 0 Å². The van der Waals surface area contributed by atoms with Crippen molar-refractivity contribution in [2.45, 2.75) is 50.7 Å². The lowest BCUT2D eigenvalue weighted by Gasteiger charge is -2.21. The largest absolute Gasteiger partial charge is 0.408 e. The summed E-state index contributed by atoms with van der Waals surface area (Å²) in [5.74, 6) is -1.19. The number of carbonyl (C=O) groups excluding carboxylic acids is 1. The van der Waals surface area contributed by atoms with Gasteiger partial charge in [0.2, 0.25) is 0 Å². The summed E-state index contributed by atoms with van der Waals surface area (Å²) in [5, 5.41) is 8.81. The number of H-pyrrole nitrogens is 1. The highest BCUT2D eigenvalue weighted by Gasteiger charge is 2.50.